The van der Waals surface area contributed by atoms with Crippen molar-refractivity contribution in [2.75, 3.05) is 0 Å². The topological polar surface area (TPSA) is 57.5 Å². The van der Waals surface area contributed by atoms with E-state index < -0.39 is 0 Å². The van der Waals surface area contributed by atoms with Crippen LogP contribution in [0.2, 0.25) is 0 Å². The maximum atomic E-state index is 11.2. The molecule has 0 saturated heterocycles. The fourth-order valence-electron chi connectivity index (χ4n) is 1.52. The molecule has 0 spiro atoms. The molecule has 0 amide bonds. The first-order chi connectivity index (χ1) is 6.57. The second kappa shape index (κ2) is 4.13. The Morgan fingerprint density at radius 2 is 1.86 bits per heavy atom. The summed E-state index contributed by atoms with van der Waals surface area (Å²) in [5, 5.41) is 19.0. The zero-order chi connectivity index (χ0) is 10.7. The van der Waals surface area contributed by atoms with E-state index in [2.05, 4.69) is 0 Å². The van der Waals surface area contributed by atoms with Crippen molar-refractivity contribution in [2.45, 2.75) is 26.7 Å². The molecule has 0 unspecified atom stereocenters. The molecule has 1 aromatic rings. The second-order valence-electron chi connectivity index (χ2n) is 3.26. The fraction of sp³-hybridized carbons (Fsp3) is 0.364. The lowest BCUT2D eigenvalue weighted by Gasteiger charge is -2.09. The number of hydrogen-bond acceptors (Lipinski definition) is 3. The highest BCUT2D eigenvalue weighted by atomic mass is 16.3. The number of ketones is 1. The van der Waals surface area contributed by atoms with Crippen LogP contribution >= 0.6 is 0 Å². The number of Topliss-reactive ketones (excluding diaryl/α,β-unsaturated/α-hetero) is 1. The van der Waals surface area contributed by atoms with Gasteiger partial charge in [0.15, 0.2) is 5.78 Å². The van der Waals surface area contributed by atoms with Crippen molar-refractivity contribution in [1.29, 1.82) is 0 Å². The first-order valence-electron chi connectivity index (χ1n) is 4.62. The number of carbonyl (C=O) groups is 1. The predicted octanol–water partition coefficient (Wildman–Crippen LogP) is 2.25. The third-order valence-electron chi connectivity index (χ3n) is 2.12. The molecule has 0 atom stereocenters. The molecule has 0 radical (unpaired) electrons. The zero-order valence-electron chi connectivity index (χ0n) is 8.37. The number of carbonyl (C=O) groups excluding carboxylic acids is 1. The van der Waals surface area contributed by atoms with E-state index in [4.69, 9.17) is 0 Å². The lowest BCUT2D eigenvalue weighted by Crippen LogP contribution is -2.00. The van der Waals surface area contributed by atoms with E-state index >= 15 is 0 Å². The van der Waals surface area contributed by atoms with Gasteiger partial charge in [0.1, 0.15) is 11.5 Å². The summed E-state index contributed by atoms with van der Waals surface area (Å²) in [5.74, 6) is -0.199. The van der Waals surface area contributed by atoms with E-state index in [0.29, 0.717) is 12.0 Å². The molecule has 1 aromatic carbocycles. The van der Waals surface area contributed by atoms with Gasteiger partial charge in [-0.1, -0.05) is 13.3 Å². The second-order valence-corrected chi connectivity index (χ2v) is 3.26. The summed E-state index contributed by atoms with van der Waals surface area (Å²) in [4.78, 5) is 11.2. The Balaban J connectivity index is 3.33. The van der Waals surface area contributed by atoms with Gasteiger partial charge in [-0.2, -0.15) is 0 Å². The van der Waals surface area contributed by atoms with E-state index in [0.717, 1.165) is 6.42 Å². The van der Waals surface area contributed by atoms with Crippen LogP contribution in [0.5, 0.6) is 11.5 Å². The van der Waals surface area contributed by atoms with Gasteiger partial charge in [0, 0.05) is 5.56 Å². The molecule has 3 nitrogen and oxygen atoms in total. The predicted molar refractivity (Wildman–Crippen MR) is 53.8 cm³/mol. The summed E-state index contributed by atoms with van der Waals surface area (Å²) in [6.45, 7) is 3.33. The highest BCUT2D eigenvalue weighted by Gasteiger charge is 2.15. The molecule has 76 valence electrons. The van der Waals surface area contributed by atoms with Crippen LogP contribution in [0.3, 0.4) is 0 Å². The Bertz CT molecular complexity index is 356. The molecule has 0 aliphatic rings. The number of benzene rings is 1. The number of phenols is 2. The SMILES string of the molecule is CCCc1c(O)ccc(O)c1C(C)=O. The third kappa shape index (κ3) is 1.87. The molecule has 0 bridgehead atoms. The van der Waals surface area contributed by atoms with Crippen LogP contribution in [-0.4, -0.2) is 16.0 Å². The highest BCUT2D eigenvalue weighted by molar-refractivity contribution is 5.98. The van der Waals surface area contributed by atoms with E-state index in [1.165, 1.54) is 19.1 Å². The molecule has 0 aromatic heterocycles. The van der Waals surface area contributed by atoms with Gasteiger partial charge in [-0.05, 0) is 25.5 Å². The molecule has 0 aliphatic heterocycles. The average Bonchev–Trinajstić information content (AvgIpc) is 2.11. The van der Waals surface area contributed by atoms with E-state index in [9.17, 15) is 15.0 Å². The van der Waals surface area contributed by atoms with Gasteiger partial charge < -0.3 is 10.2 Å². The molecule has 1 rings (SSSR count). The van der Waals surface area contributed by atoms with Crippen molar-refractivity contribution in [3.63, 3.8) is 0 Å². The number of phenolic OH excluding ortho intramolecular Hbond substituents is 2. The van der Waals surface area contributed by atoms with Gasteiger partial charge >= 0.3 is 0 Å². The monoisotopic (exact) mass is 194 g/mol. The Labute approximate surface area is 83.0 Å². The molecule has 14 heavy (non-hydrogen) atoms. The average molecular weight is 194 g/mol. The largest absolute Gasteiger partial charge is 0.508 e. The molecule has 0 fully saturated rings. The van der Waals surface area contributed by atoms with Crippen molar-refractivity contribution in [3.8, 4) is 11.5 Å². The first kappa shape index (κ1) is 10.6. The van der Waals surface area contributed by atoms with Crippen molar-refractivity contribution >= 4 is 5.78 Å². The normalized spacial score (nSPS) is 10.1. The van der Waals surface area contributed by atoms with Gasteiger partial charge in [-0.3, -0.25) is 4.79 Å². The van der Waals surface area contributed by atoms with Gasteiger partial charge in [-0.15, -0.1) is 0 Å². The summed E-state index contributed by atoms with van der Waals surface area (Å²) in [7, 11) is 0. The third-order valence-corrected chi connectivity index (χ3v) is 2.12. The van der Waals surface area contributed by atoms with E-state index in [1.54, 1.807) is 0 Å². The Morgan fingerprint density at radius 1 is 1.29 bits per heavy atom. The summed E-state index contributed by atoms with van der Waals surface area (Å²) in [6.07, 6.45) is 1.41. The van der Waals surface area contributed by atoms with Crippen molar-refractivity contribution in [2.24, 2.45) is 0 Å². The molecular formula is C11H14O3. The number of aromatic hydroxyl groups is 2. The van der Waals surface area contributed by atoms with Crippen LogP contribution in [0.1, 0.15) is 36.2 Å². The van der Waals surface area contributed by atoms with Gasteiger partial charge in [0.05, 0.1) is 5.56 Å². The minimum Gasteiger partial charge on any atom is -0.508 e. The Kier molecular flexibility index (Phi) is 3.12. The Hall–Kier alpha value is -1.51. The summed E-state index contributed by atoms with van der Waals surface area (Å²) < 4.78 is 0. The number of rotatable bonds is 3. The standard InChI is InChI=1S/C11H14O3/c1-3-4-8-9(13)5-6-10(14)11(8)7(2)12/h5-6,13-14H,3-4H2,1-2H3. The summed E-state index contributed by atoms with van der Waals surface area (Å²) in [5.41, 5.74) is 0.784. The lowest BCUT2D eigenvalue weighted by molar-refractivity contribution is 0.101. The summed E-state index contributed by atoms with van der Waals surface area (Å²) in [6, 6.07) is 2.75. The van der Waals surface area contributed by atoms with Crippen LogP contribution in [0.15, 0.2) is 12.1 Å². The minimum atomic E-state index is -0.221. The van der Waals surface area contributed by atoms with Gasteiger partial charge in [0.25, 0.3) is 0 Å². The molecule has 0 saturated carbocycles. The molecule has 0 aliphatic carbocycles. The maximum absolute atomic E-state index is 11.2. The van der Waals surface area contributed by atoms with Gasteiger partial charge in [0.2, 0.25) is 0 Å². The van der Waals surface area contributed by atoms with Crippen LogP contribution in [0.25, 0.3) is 0 Å². The van der Waals surface area contributed by atoms with Crippen molar-refractivity contribution in [3.05, 3.63) is 23.3 Å². The van der Waals surface area contributed by atoms with Crippen molar-refractivity contribution in [1.82, 2.24) is 0 Å². The quantitative estimate of drug-likeness (QED) is 0.573. The number of hydrogen-bond donors (Lipinski definition) is 2. The smallest absolute Gasteiger partial charge is 0.163 e. The van der Waals surface area contributed by atoms with Crippen LogP contribution in [0, 0.1) is 0 Å². The van der Waals surface area contributed by atoms with Gasteiger partial charge in [-0.25, -0.2) is 0 Å². The fourth-order valence-corrected chi connectivity index (χ4v) is 1.52. The first-order valence-corrected chi connectivity index (χ1v) is 4.62. The van der Waals surface area contributed by atoms with Crippen LogP contribution < -0.4 is 0 Å². The minimum absolute atomic E-state index is 0.0567. The highest BCUT2D eigenvalue weighted by Crippen LogP contribution is 2.30. The zero-order valence-corrected chi connectivity index (χ0v) is 8.37. The molecule has 0 heterocycles. The lowest BCUT2D eigenvalue weighted by atomic mass is 9.98. The maximum Gasteiger partial charge on any atom is 0.163 e. The molecule has 2 N–H and O–H groups in total. The molecular weight excluding hydrogens is 180 g/mol. The van der Waals surface area contributed by atoms with Crippen LogP contribution in [0.4, 0.5) is 0 Å². The van der Waals surface area contributed by atoms with Crippen LogP contribution in [-0.2, 0) is 6.42 Å². The van der Waals surface area contributed by atoms with E-state index in [1.807, 2.05) is 6.92 Å². The Morgan fingerprint density at radius 3 is 2.36 bits per heavy atom. The molecule has 3 heteroatoms. The summed E-state index contributed by atoms with van der Waals surface area (Å²) >= 11 is 0. The van der Waals surface area contributed by atoms with E-state index in [-0.39, 0.29) is 22.8 Å². The van der Waals surface area contributed by atoms with Crippen molar-refractivity contribution < 1.29 is 15.0 Å².